The molecule has 2 aliphatic heterocycles. The van der Waals surface area contributed by atoms with Crippen molar-refractivity contribution in [1.82, 2.24) is 0 Å². The van der Waals surface area contributed by atoms with Gasteiger partial charge < -0.3 is 14.2 Å². The van der Waals surface area contributed by atoms with E-state index in [1.165, 1.54) is 7.11 Å². The van der Waals surface area contributed by atoms with Gasteiger partial charge >= 0.3 is 18.0 Å². The Morgan fingerprint density at radius 3 is 2.16 bits per heavy atom. The van der Waals surface area contributed by atoms with E-state index in [4.69, 9.17) is 19.2 Å². The Bertz CT molecular complexity index is 1590. The summed E-state index contributed by atoms with van der Waals surface area (Å²) in [4.78, 5) is 61.4. The van der Waals surface area contributed by atoms with E-state index < -0.39 is 46.9 Å². The number of methoxy groups -OCH3 is 1. The summed E-state index contributed by atoms with van der Waals surface area (Å²) in [5, 5.41) is 0. The van der Waals surface area contributed by atoms with Gasteiger partial charge in [0.25, 0.3) is 5.91 Å². The fraction of sp³-hybridized carbons (Fsp3) is 0.324. The number of hydrogen-bond donors (Lipinski definition) is 0. The molecule has 222 valence electrons. The van der Waals surface area contributed by atoms with Crippen molar-refractivity contribution >= 4 is 35.3 Å². The van der Waals surface area contributed by atoms with Crippen molar-refractivity contribution in [2.24, 2.45) is 10.9 Å². The first-order valence-corrected chi connectivity index (χ1v) is 14.2. The minimum atomic E-state index is -1.88. The second kappa shape index (κ2) is 11.5. The van der Waals surface area contributed by atoms with Gasteiger partial charge in [-0.1, -0.05) is 72.8 Å². The summed E-state index contributed by atoms with van der Waals surface area (Å²) in [6, 6.07) is 22.6. The number of aliphatic imine (C=N–C) groups is 1. The molecule has 9 nitrogen and oxygen atoms in total. The third-order valence-electron chi connectivity index (χ3n) is 7.55. The normalized spacial score (nSPS) is 20.9. The standard InChI is InChI=1S/C34H34N2O7/c1-6-42-29(37)26-27(30(38)41-5)35-28(23-15-11-8-12-16-23)34(26)24-20-22(19-21-13-9-7-10-14-21)17-18-25(24)36(31(34)39)32(40)43-33(2,3)4/h7-18,20,26-27H,6,19H2,1-5H3. The molecule has 0 radical (unpaired) electrons. The smallest absolute Gasteiger partial charge is 0.421 e. The van der Waals surface area contributed by atoms with Crippen molar-refractivity contribution in [3.8, 4) is 0 Å². The third kappa shape index (κ3) is 5.20. The molecule has 0 bridgehead atoms. The highest BCUT2D eigenvalue weighted by Crippen LogP contribution is 2.54. The first kappa shape index (κ1) is 29.7. The molecule has 3 aromatic carbocycles. The molecule has 0 N–H and O–H groups in total. The topological polar surface area (TPSA) is 112 Å². The third-order valence-corrected chi connectivity index (χ3v) is 7.55. The maximum Gasteiger partial charge on any atom is 0.421 e. The van der Waals surface area contributed by atoms with Gasteiger partial charge in [-0.25, -0.2) is 14.5 Å². The number of imide groups is 1. The average Bonchev–Trinajstić information content (AvgIpc) is 3.46. The van der Waals surface area contributed by atoms with Crippen LogP contribution in [0.15, 0.2) is 83.9 Å². The second-order valence-electron chi connectivity index (χ2n) is 11.5. The molecule has 43 heavy (non-hydrogen) atoms. The number of benzene rings is 3. The number of esters is 2. The minimum Gasteiger partial charge on any atom is -0.467 e. The van der Waals surface area contributed by atoms with E-state index >= 15 is 0 Å². The molecule has 2 amide bonds. The van der Waals surface area contributed by atoms with Gasteiger partial charge in [0.05, 0.1) is 25.1 Å². The van der Waals surface area contributed by atoms with E-state index in [0.29, 0.717) is 17.5 Å². The molecule has 0 saturated carbocycles. The van der Waals surface area contributed by atoms with Crippen LogP contribution in [0.2, 0.25) is 0 Å². The minimum absolute atomic E-state index is 0.00481. The van der Waals surface area contributed by atoms with Crippen LogP contribution in [-0.2, 0) is 40.4 Å². The van der Waals surface area contributed by atoms with Gasteiger partial charge in [0.1, 0.15) is 16.9 Å². The van der Waals surface area contributed by atoms with Crippen LogP contribution >= 0.6 is 0 Å². The van der Waals surface area contributed by atoms with Crippen molar-refractivity contribution in [3.63, 3.8) is 0 Å². The summed E-state index contributed by atoms with van der Waals surface area (Å²) in [7, 11) is 1.20. The number of ether oxygens (including phenoxy) is 3. The van der Waals surface area contributed by atoms with Crippen LogP contribution in [0.3, 0.4) is 0 Å². The molecule has 3 atom stereocenters. The first-order chi connectivity index (χ1) is 20.5. The largest absolute Gasteiger partial charge is 0.467 e. The van der Waals surface area contributed by atoms with Crippen molar-refractivity contribution < 1.29 is 33.4 Å². The molecule has 9 heteroatoms. The number of hydrogen-bond acceptors (Lipinski definition) is 8. The van der Waals surface area contributed by atoms with Gasteiger partial charge in [-0.05, 0) is 62.4 Å². The number of carbonyl (C=O) groups excluding carboxylic acids is 4. The molecule has 3 unspecified atom stereocenters. The lowest BCUT2D eigenvalue weighted by Gasteiger charge is -2.32. The van der Waals surface area contributed by atoms with Gasteiger partial charge in [0.15, 0.2) is 6.04 Å². The van der Waals surface area contributed by atoms with E-state index in [9.17, 15) is 19.2 Å². The molecule has 2 heterocycles. The van der Waals surface area contributed by atoms with Crippen molar-refractivity contribution in [1.29, 1.82) is 0 Å². The fourth-order valence-electron chi connectivity index (χ4n) is 5.90. The van der Waals surface area contributed by atoms with Crippen molar-refractivity contribution in [3.05, 3.63) is 101 Å². The SMILES string of the molecule is CCOC(=O)C1C(C(=O)OC)N=C(c2ccccc2)C12C(=O)N(C(=O)OC(C)(C)C)c1ccc(Cc3ccccc3)cc12. The Labute approximate surface area is 250 Å². The Balaban J connectivity index is 1.81. The molecule has 1 spiro atoms. The van der Waals surface area contributed by atoms with Crippen molar-refractivity contribution in [2.75, 3.05) is 18.6 Å². The maximum absolute atomic E-state index is 14.9. The van der Waals surface area contributed by atoms with E-state index in [2.05, 4.69) is 0 Å². The molecule has 0 saturated heterocycles. The zero-order valence-electron chi connectivity index (χ0n) is 24.8. The van der Waals surface area contributed by atoms with E-state index in [1.807, 2.05) is 48.5 Å². The molecule has 0 aliphatic carbocycles. The maximum atomic E-state index is 14.9. The fourth-order valence-corrected chi connectivity index (χ4v) is 5.90. The van der Waals surface area contributed by atoms with Crippen LogP contribution in [0.25, 0.3) is 0 Å². The summed E-state index contributed by atoms with van der Waals surface area (Å²) in [6.07, 6.45) is -0.379. The predicted octanol–water partition coefficient (Wildman–Crippen LogP) is 5.02. The molecule has 5 rings (SSSR count). The van der Waals surface area contributed by atoms with E-state index in [-0.39, 0.29) is 18.0 Å². The summed E-state index contributed by atoms with van der Waals surface area (Å²) in [6.45, 7) is 6.75. The molecular formula is C34H34N2O7. The summed E-state index contributed by atoms with van der Waals surface area (Å²) >= 11 is 0. The summed E-state index contributed by atoms with van der Waals surface area (Å²) in [5.41, 5.74) is 0.371. The van der Waals surface area contributed by atoms with Crippen LogP contribution in [-0.4, -0.2) is 55.0 Å². The Morgan fingerprint density at radius 2 is 1.56 bits per heavy atom. The zero-order valence-corrected chi connectivity index (χ0v) is 24.8. The van der Waals surface area contributed by atoms with Gasteiger partial charge in [-0.2, -0.15) is 0 Å². The molecule has 3 aromatic rings. The number of amides is 2. The van der Waals surface area contributed by atoms with Gasteiger partial charge in [0.2, 0.25) is 0 Å². The Hall–Kier alpha value is -4.79. The quantitative estimate of drug-likeness (QED) is 0.296. The lowest BCUT2D eigenvalue weighted by molar-refractivity contribution is -0.157. The molecule has 2 aliphatic rings. The number of rotatable bonds is 6. The van der Waals surface area contributed by atoms with Crippen LogP contribution in [0, 0.1) is 5.92 Å². The van der Waals surface area contributed by atoms with Crippen LogP contribution < -0.4 is 4.90 Å². The molecular weight excluding hydrogens is 548 g/mol. The molecule has 0 aromatic heterocycles. The highest BCUT2D eigenvalue weighted by atomic mass is 16.6. The van der Waals surface area contributed by atoms with Crippen molar-refractivity contribution in [2.45, 2.75) is 51.2 Å². The summed E-state index contributed by atoms with van der Waals surface area (Å²) in [5.74, 6) is -3.79. The number of carbonyl (C=O) groups is 4. The molecule has 0 fully saturated rings. The second-order valence-corrected chi connectivity index (χ2v) is 11.5. The van der Waals surface area contributed by atoms with Crippen LogP contribution in [0.4, 0.5) is 10.5 Å². The summed E-state index contributed by atoms with van der Waals surface area (Å²) < 4.78 is 16.2. The first-order valence-electron chi connectivity index (χ1n) is 14.2. The van der Waals surface area contributed by atoms with Crippen LogP contribution in [0.1, 0.15) is 49.9 Å². The average molecular weight is 583 g/mol. The van der Waals surface area contributed by atoms with Gasteiger partial charge in [0, 0.05) is 0 Å². The Morgan fingerprint density at radius 1 is 0.907 bits per heavy atom. The predicted molar refractivity (Wildman–Crippen MR) is 160 cm³/mol. The zero-order chi connectivity index (χ0) is 30.9. The highest BCUT2D eigenvalue weighted by molar-refractivity contribution is 6.36. The highest BCUT2D eigenvalue weighted by Gasteiger charge is 2.69. The lowest BCUT2D eigenvalue weighted by atomic mass is 9.65. The van der Waals surface area contributed by atoms with E-state index in [1.54, 1.807) is 58.0 Å². The lowest BCUT2D eigenvalue weighted by Crippen LogP contribution is -2.55. The van der Waals surface area contributed by atoms with E-state index in [0.717, 1.165) is 16.0 Å². The Kier molecular flexibility index (Phi) is 7.92. The van der Waals surface area contributed by atoms with Gasteiger partial charge in [-0.15, -0.1) is 0 Å². The number of anilines is 1. The number of fused-ring (bicyclic) bond motifs is 2. The van der Waals surface area contributed by atoms with Gasteiger partial charge in [-0.3, -0.25) is 14.6 Å². The monoisotopic (exact) mass is 582 g/mol. The van der Waals surface area contributed by atoms with Crippen LogP contribution in [0.5, 0.6) is 0 Å². The number of nitrogens with zero attached hydrogens (tertiary/aromatic N) is 2.